The lowest BCUT2D eigenvalue weighted by atomic mass is 9.70. The van der Waals surface area contributed by atoms with Crippen molar-refractivity contribution >= 4 is 33.4 Å². The van der Waals surface area contributed by atoms with E-state index in [1.807, 2.05) is 11.8 Å². The fourth-order valence-corrected chi connectivity index (χ4v) is 4.20. The molecule has 1 aliphatic carbocycles. The first-order valence-electron chi connectivity index (χ1n) is 5.44. The molecule has 1 saturated carbocycles. The van der Waals surface area contributed by atoms with Gasteiger partial charge in [0.15, 0.2) is 0 Å². The summed E-state index contributed by atoms with van der Waals surface area (Å²) in [4.78, 5) is 1.40. The fourth-order valence-electron chi connectivity index (χ4n) is 2.32. The molecule has 0 saturated heterocycles. The van der Waals surface area contributed by atoms with Crippen LogP contribution in [0, 0.1) is 5.41 Å². The van der Waals surface area contributed by atoms with Gasteiger partial charge >= 0.3 is 0 Å². The van der Waals surface area contributed by atoms with Crippen LogP contribution in [0.1, 0.15) is 19.3 Å². The van der Waals surface area contributed by atoms with Crippen molar-refractivity contribution in [1.29, 1.82) is 0 Å². The number of thioether (sulfide) groups is 1. The summed E-state index contributed by atoms with van der Waals surface area (Å²) in [5, 5.41) is 3.60. The summed E-state index contributed by atoms with van der Waals surface area (Å²) in [5.74, 6) is 1.28. The van der Waals surface area contributed by atoms with Gasteiger partial charge < -0.3 is 5.32 Å². The molecule has 1 aromatic rings. The highest BCUT2D eigenvalue weighted by Gasteiger charge is 2.38. The van der Waals surface area contributed by atoms with E-state index in [2.05, 4.69) is 39.4 Å². The Hall–Kier alpha value is -0.150. The van der Waals surface area contributed by atoms with Crippen LogP contribution in [0.25, 0.3) is 0 Å². The lowest BCUT2D eigenvalue weighted by molar-refractivity contribution is 0.187. The lowest BCUT2D eigenvalue weighted by Gasteiger charge is -2.40. The Morgan fingerprint density at radius 1 is 1.33 bits per heavy atom. The Bertz CT molecular complexity index is 387. The first kappa shape index (κ1) is 10.0. The molecule has 1 heterocycles. The zero-order valence-corrected chi connectivity index (χ0v) is 11.0. The monoisotopic (exact) mass is 283 g/mol. The highest BCUT2D eigenvalue weighted by atomic mass is 79.9. The van der Waals surface area contributed by atoms with Gasteiger partial charge in [0.2, 0.25) is 0 Å². The molecule has 1 spiro atoms. The Balaban J connectivity index is 1.88. The zero-order chi connectivity index (χ0) is 10.3. The minimum atomic E-state index is 0.593. The second kappa shape index (κ2) is 3.70. The maximum atomic E-state index is 3.60. The van der Waals surface area contributed by atoms with Crippen molar-refractivity contribution in [2.75, 3.05) is 17.6 Å². The maximum absolute atomic E-state index is 3.60. The molecular weight excluding hydrogens is 270 g/mol. The molecule has 1 aromatic carbocycles. The summed E-state index contributed by atoms with van der Waals surface area (Å²) in [5.41, 5.74) is 1.91. The quantitative estimate of drug-likeness (QED) is 0.768. The Morgan fingerprint density at radius 2 is 2.20 bits per heavy atom. The van der Waals surface area contributed by atoms with Crippen LogP contribution in [-0.4, -0.2) is 12.3 Å². The van der Waals surface area contributed by atoms with Gasteiger partial charge in [-0.3, -0.25) is 0 Å². The molecule has 0 bridgehead atoms. The molecule has 1 N–H and O–H groups in total. The zero-order valence-electron chi connectivity index (χ0n) is 8.55. The normalized spacial score (nSPS) is 22.5. The molecule has 3 heteroatoms. The van der Waals surface area contributed by atoms with Crippen LogP contribution in [0.3, 0.4) is 0 Å². The fraction of sp³-hybridized carbons (Fsp3) is 0.500. The highest BCUT2D eigenvalue weighted by molar-refractivity contribution is 9.10. The van der Waals surface area contributed by atoms with E-state index in [0.29, 0.717) is 5.41 Å². The van der Waals surface area contributed by atoms with Crippen molar-refractivity contribution < 1.29 is 0 Å². The third-order valence-electron chi connectivity index (χ3n) is 3.55. The molecular formula is C12H14BrNS. The molecule has 1 fully saturated rings. The summed E-state index contributed by atoms with van der Waals surface area (Å²) in [6, 6.07) is 6.53. The Labute approximate surface area is 103 Å². The van der Waals surface area contributed by atoms with Crippen LogP contribution in [0.2, 0.25) is 0 Å². The van der Waals surface area contributed by atoms with Gasteiger partial charge in [0.05, 0.1) is 0 Å². The smallest absolute Gasteiger partial charge is 0.0479 e. The van der Waals surface area contributed by atoms with E-state index < -0.39 is 0 Å². The summed E-state index contributed by atoms with van der Waals surface area (Å²) < 4.78 is 1.18. The minimum absolute atomic E-state index is 0.593. The largest absolute Gasteiger partial charge is 0.384 e. The summed E-state index contributed by atoms with van der Waals surface area (Å²) in [6.07, 6.45) is 4.23. The van der Waals surface area contributed by atoms with Crippen molar-refractivity contribution in [3.8, 4) is 0 Å². The Kier molecular flexibility index (Phi) is 2.48. The molecule has 3 rings (SSSR count). The molecule has 1 nitrogen and oxygen atoms in total. The second-order valence-electron chi connectivity index (χ2n) is 4.64. The maximum Gasteiger partial charge on any atom is 0.0479 e. The van der Waals surface area contributed by atoms with Gasteiger partial charge in [-0.05, 0) is 36.5 Å². The third kappa shape index (κ3) is 1.80. The third-order valence-corrected chi connectivity index (χ3v) is 5.44. The van der Waals surface area contributed by atoms with E-state index in [9.17, 15) is 0 Å². The number of hydrogen-bond acceptors (Lipinski definition) is 2. The molecule has 0 radical (unpaired) electrons. The van der Waals surface area contributed by atoms with E-state index in [0.717, 1.165) is 6.54 Å². The van der Waals surface area contributed by atoms with Crippen LogP contribution >= 0.6 is 27.7 Å². The SMILES string of the molecule is Brc1ccc2c(c1)SCC1(CCC1)CN2. The van der Waals surface area contributed by atoms with Crippen LogP contribution in [0.15, 0.2) is 27.6 Å². The first-order valence-corrected chi connectivity index (χ1v) is 7.22. The van der Waals surface area contributed by atoms with Gasteiger partial charge in [-0.1, -0.05) is 22.4 Å². The topological polar surface area (TPSA) is 12.0 Å². The molecule has 0 atom stereocenters. The van der Waals surface area contributed by atoms with E-state index in [1.165, 1.54) is 40.1 Å². The highest BCUT2D eigenvalue weighted by Crippen LogP contribution is 2.48. The van der Waals surface area contributed by atoms with Crippen molar-refractivity contribution in [3.05, 3.63) is 22.7 Å². The molecule has 0 amide bonds. The number of halogens is 1. The number of hydrogen-bond donors (Lipinski definition) is 1. The standard InChI is InChI=1S/C12H14BrNS/c13-9-2-3-10-11(6-9)15-8-12(7-14-10)4-1-5-12/h2-3,6,14H,1,4-5,7-8H2. The van der Waals surface area contributed by atoms with Gasteiger partial charge in [0.25, 0.3) is 0 Å². The van der Waals surface area contributed by atoms with E-state index >= 15 is 0 Å². The molecule has 0 unspecified atom stereocenters. The van der Waals surface area contributed by atoms with Crippen LogP contribution in [-0.2, 0) is 0 Å². The molecule has 15 heavy (non-hydrogen) atoms. The van der Waals surface area contributed by atoms with E-state index in [1.54, 1.807) is 0 Å². The number of benzene rings is 1. The van der Waals surface area contributed by atoms with Crippen LogP contribution in [0.5, 0.6) is 0 Å². The Morgan fingerprint density at radius 3 is 2.93 bits per heavy atom. The van der Waals surface area contributed by atoms with Crippen LogP contribution in [0.4, 0.5) is 5.69 Å². The predicted octanol–water partition coefficient (Wildman–Crippen LogP) is 4.14. The number of rotatable bonds is 0. The number of anilines is 1. The van der Waals surface area contributed by atoms with Crippen LogP contribution < -0.4 is 5.32 Å². The van der Waals surface area contributed by atoms with Crippen molar-refractivity contribution in [3.63, 3.8) is 0 Å². The van der Waals surface area contributed by atoms with Gasteiger partial charge in [-0.25, -0.2) is 0 Å². The van der Waals surface area contributed by atoms with Crippen molar-refractivity contribution in [1.82, 2.24) is 0 Å². The van der Waals surface area contributed by atoms with E-state index in [4.69, 9.17) is 0 Å². The average molecular weight is 284 g/mol. The van der Waals surface area contributed by atoms with Gasteiger partial charge in [-0.15, -0.1) is 11.8 Å². The molecule has 1 aliphatic heterocycles. The number of nitrogens with one attached hydrogen (secondary N) is 1. The van der Waals surface area contributed by atoms with Gasteiger partial charge in [-0.2, -0.15) is 0 Å². The summed E-state index contributed by atoms with van der Waals surface area (Å²) >= 11 is 5.55. The summed E-state index contributed by atoms with van der Waals surface area (Å²) in [7, 11) is 0. The van der Waals surface area contributed by atoms with Gasteiger partial charge in [0.1, 0.15) is 0 Å². The lowest BCUT2D eigenvalue weighted by Crippen LogP contribution is -2.37. The number of fused-ring (bicyclic) bond motifs is 1. The van der Waals surface area contributed by atoms with Crippen molar-refractivity contribution in [2.24, 2.45) is 5.41 Å². The average Bonchev–Trinajstić information content (AvgIpc) is 2.36. The van der Waals surface area contributed by atoms with Crippen molar-refractivity contribution in [2.45, 2.75) is 24.2 Å². The second-order valence-corrected chi connectivity index (χ2v) is 6.57. The molecule has 0 aromatic heterocycles. The minimum Gasteiger partial charge on any atom is -0.384 e. The predicted molar refractivity (Wildman–Crippen MR) is 69.6 cm³/mol. The molecule has 80 valence electrons. The summed E-state index contributed by atoms with van der Waals surface area (Å²) in [6.45, 7) is 1.16. The molecule has 2 aliphatic rings. The first-order chi connectivity index (χ1) is 7.27. The van der Waals surface area contributed by atoms with E-state index in [-0.39, 0.29) is 0 Å². The van der Waals surface area contributed by atoms with Gasteiger partial charge in [0, 0.05) is 27.4 Å².